The minimum absolute atomic E-state index is 0.00382. The van der Waals surface area contributed by atoms with Gasteiger partial charge in [0.2, 0.25) is 0 Å². The minimum atomic E-state index is -0.223. The Morgan fingerprint density at radius 3 is 2.89 bits per heavy atom. The van der Waals surface area contributed by atoms with Crippen LogP contribution < -0.4 is 10.1 Å². The van der Waals surface area contributed by atoms with Crippen molar-refractivity contribution in [2.24, 2.45) is 0 Å². The molecule has 5 nitrogen and oxygen atoms in total. The molecule has 2 heterocycles. The van der Waals surface area contributed by atoms with Crippen LogP contribution in [0, 0.1) is 0 Å². The monoisotopic (exact) mass is 416 g/mol. The third kappa shape index (κ3) is 4.16. The van der Waals surface area contributed by atoms with Crippen molar-refractivity contribution in [3.63, 3.8) is 0 Å². The van der Waals surface area contributed by atoms with Crippen LogP contribution in [0.5, 0.6) is 5.75 Å². The molecule has 27 heavy (non-hydrogen) atoms. The van der Waals surface area contributed by atoms with Crippen LogP contribution in [0.1, 0.15) is 10.4 Å². The van der Waals surface area contributed by atoms with Gasteiger partial charge in [0.05, 0.1) is 17.1 Å². The van der Waals surface area contributed by atoms with E-state index in [1.165, 1.54) is 23.1 Å². The number of thioether (sulfide) groups is 1. The highest BCUT2D eigenvalue weighted by Gasteiger charge is 2.18. The molecule has 0 bridgehead atoms. The van der Waals surface area contributed by atoms with Crippen LogP contribution in [0.2, 0.25) is 5.02 Å². The van der Waals surface area contributed by atoms with Gasteiger partial charge in [0.1, 0.15) is 5.75 Å². The first-order valence-electron chi connectivity index (χ1n) is 8.03. The highest BCUT2D eigenvalue weighted by Crippen LogP contribution is 2.31. The van der Waals surface area contributed by atoms with E-state index < -0.39 is 0 Å². The van der Waals surface area contributed by atoms with E-state index in [4.69, 9.17) is 16.3 Å². The lowest BCUT2D eigenvalue weighted by molar-refractivity contribution is -0.118. The fourth-order valence-corrected chi connectivity index (χ4v) is 4.40. The van der Waals surface area contributed by atoms with E-state index in [0.717, 1.165) is 15.6 Å². The molecule has 1 aliphatic heterocycles. The first-order chi connectivity index (χ1) is 13.1. The topological polar surface area (TPSA) is 68.3 Å². The number of halogens is 1. The molecule has 0 saturated heterocycles. The van der Waals surface area contributed by atoms with Crippen LogP contribution >= 0.6 is 34.7 Å². The lowest BCUT2D eigenvalue weighted by Gasteiger charge is -2.18. The number of Topliss-reactive ketones (excluding diaryl/α,β-unsaturated/α-hetero) is 1. The summed E-state index contributed by atoms with van der Waals surface area (Å²) in [5, 5.41) is 5.35. The lowest BCUT2D eigenvalue weighted by atomic mass is 10.1. The van der Waals surface area contributed by atoms with Crippen LogP contribution in [0.3, 0.4) is 0 Å². The van der Waals surface area contributed by atoms with Crippen molar-refractivity contribution in [1.29, 1.82) is 0 Å². The van der Waals surface area contributed by atoms with Crippen molar-refractivity contribution in [1.82, 2.24) is 4.98 Å². The lowest BCUT2D eigenvalue weighted by Crippen LogP contribution is -2.25. The number of hydrogen-bond acceptors (Lipinski definition) is 6. The smallest absolute Gasteiger partial charge is 0.262 e. The average Bonchev–Trinajstić information content (AvgIpc) is 3.15. The number of benzene rings is 2. The van der Waals surface area contributed by atoms with Gasteiger partial charge >= 0.3 is 0 Å². The number of carbonyl (C=O) groups excluding carboxylic acids is 2. The van der Waals surface area contributed by atoms with Gasteiger partial charge in [0, 0.05) is 21.5 Å². The normalized spacial score (nSPS) is 12.9. The first-order valence-corrected chi connectivity index (χ1v) is 10.3. The zero-order chi connectivity index (χ0) is 18.8. The number of anilines is 1. The van der Waals surface area contributed by atoms with Crippen molar-refractivity contribution in [3.8, 4) is 17.0 Å². The first kappa shape index (κ1) is 18.0. The molecule has 136 valence electrons. The second-order valence-corrected chi connectivity index (χ2v) is 8.28. The van der Waals surface area contributed by atoms with Gasteiger partial charge in [-0.2, -0.15) is 0 Å². The number of amides is 1. The summed E-state index contributed by atoms with van der Waals surface area (Å²) in [6.45, 7) is -0.00382. The average molecular weight is 417 g/mol. The van der Waals surface area contributed by atoms with Gasteiger partial charge in [-0.05, 0) is 30.3 Å². The molecular weight excluding hydrogens is 404 g/mol. The van der Waals surface area contributed by atoms with Gasteiger partial charge in [-0.1, -0.05) is 35.5 Å². The van der Waals surface area contributed by atoms with Crippen molar-refractivity contribution >= 4 is 52.1 Å². The predicted molar refractivity (Wildman–Crippen MR) is 108 cm³/mol. The quantitative estimate of drug-likeness (QED) is 0.479. The largest absolute Gasteiger partial charge is 0.482 e. The summed E-state index contributed by atoms with van der Waals surface area (Å²) in [5.41, 5.74) is 2.91. The molecule has 1 aromatic heterocycles. The zero-order valence-electron chi connectivity index (χ0n) is 13.9. The molecule has 0 atom stereocenters. The third-order valence-electron chi connectivity index (χ3n) is 3.88. The number of ether oxygens (including phenoxy) is 1. The van der Waals surface area contributed by atoms with Gasteiger partial charge in [0.15, 0.2) is 16.7 Å². The summed E-state index contributed by atoms with van der Waals surface area (Å²) in [6, 6.07) is 12.5. The predicted octanol–water partition coefficient (Wildman–Crippen LogP) is 4.77. The van der Waals surface area contributed by atoms with Crippen molar-refractivity contribution < 1.29 is 14.3 Å². The van der Waals surface area contributed by atoms with Gasteiger partial charge < -0.3 is 10.1 Å². The fourth-order valence-electron chi connectivity index (χ4n) is 2.54. The Balaban J connectivity index is 1.42. The van der Waals surface area contributed by atoms with Crippen LogP contribution in [0.15, 0.2) is 52.2 Å². The maximum Gasteiger partial charge on any atom is 0.262 e. The molecule has 4 rings (SSSR count). The number of rotatable bonds is 5. The number of nitrogens with zero attached hydrogens (tertiary/aromatic N) is 1. The number of carbonyl (C=O) groups is 2. The Kier molecular flexibility index (Phi) is 5.15. The number of ketones is 1. The summed E-state index contributed by atoms with van der Waals surface area (Å²) in [7, 11) is 0. The van der Waals surface area contributed by atoms with Gasteiger partial charge in [0.25, 0.3) is 5.91 Å². The van der Waals surface area contributed by atoms with E-state index in [1.54, 1.807) is 18.2 Å². The van der Waals surface area contributed by atoms with E-state index in [1.807, 2.05) is 29.6 Å². The van der Waals surface area contributed by atoms with Crippen LogP contribution in [-0.2, 0) is 4.79 Å². The van der Waals surface area contributed by atoms with Crippen LogP contribution in [0.25, 0.3) is 11.3 Å². The molecule has 0 fully saturated rings. The molecule has 0 aliphatic carbocycles. The van der Waals surface area contributed by atoms with E-state index >= 15 is 0 Å². The molecule has 0 unspecified atom stereocenters. The molecule has 1 amide bonds. The number of thiazole rings is 1. The molecule has 2 aromatic carbocycles. The minimum Gasteiger partial charge on any atom is -0.482 e. The molecule has 3 aromatic rings. The zero-order valence-corrected chi connectivity index (χ0v) is 16.3. The Labute approximate surface area is 168 Å². The molecule has 0 radical (unpaired) electrons. The summed E-state index contributed by atoms with van der Waals surface area (Å²) < 4.78 is 6.13. The fraction of sp³-hybridized carbons (Fsp3) is 0.105. The standard InChI is InChI=1S/C19H13ClN2O3S2/c20-13-4-1-11(2-5-13)15-9-26-19(22-15)27-10-16(23)12-3-6-17-14(7-12)21-18(24)8-25-17/h1-7,9H,8,10H2,(H,21,24). The summed E-state index contributed by atoms with van der Waals surface area (Å²) >= 11 is 8.80. The Bertz CT molecular complexity index is 1020. The third-order valence-corrected chi connectivity index (χ3v) is 6.16. The summed E-state index contributed by atoms with van der Waals surface area (Å²) in [5.74, 6) is 0.581. The van der Waals surface area contributed by atoms with Crippen LogP contribution in [0.4, 0.5) is 5.69 Å². The van der Waals surface area contributed by atoms with E-state index in [-0.39, 0.29) is 24.1 Å². The van der Waals surface area contributed by atoms with Gasteiger partial charge in [-0.3, -0.25) is 9.59 Å². The summed E-state index contributed by atoms with van der Waals surface area (Å²) in [4.78, 5) is 28.5. The number of nitrogens with one attached hydrogen (secondary N) is 1. The van der Waals surface area contributed by atoms with Crippen molar-refractivity contribution in [3.05, 3.63) is 58.4 Å². The molecular formula is C19H13ClN2O3S2. The van der Waals surface area contributed by atoms with Crippen LogP contribution in [-0.4, -0.2) is 29.0 Å². The molecule has 0 saturated carbocycles. The van der Waals surface area contributed by atoms with Crippen molar-refractivity contribution in [2.75, 3.05) is 17.7 Å². The number of aromatic nitrogens is 1. The maximum absolute atomic E-state index is 12.5. The van der Waals surface area contributed by atoms with E-state index in [9.17, 15) is 9.59 Å². The van der Waals surface area contributed by atoms with E-state index in [2.05, 4.69) is 10.3 Å². The second kappa shape index (κ2) is 7.72. The molecule has 1 aliphatic rings. The Morgan fingerprint density at radius 1 is 1.26 bits per heavy atom. The van der Waals surface area contributed by atoms with E-state index in [0.29, 0.717) is 22.0 Å². The molecule has 0 spiro atoms. The van der Waals surface area contributed by atoms with Gasteiger partial charge in [-0.25, -0.2) is 4.98 Å². The number of fused-ring (bicyclic) bond motifs is 1. The Morgan fingerprint density at radius 2 is 2.07 bits per heavy atom. The molecule has 1 N–H and O–H groups in total. The van der Waals surface area contributed by atoms with Gasteiger partial charge in [-0.15, -0.1) is 11.3 Å². The molecule has 8 heteroatoms. The second-order valence-electron chi connectivity index (χ2n) is 5.77. The highest BCUT2D eigenvalue weighted by molar-refractivity contribution is 8.01. The Hall–Kier alpha value is -2.35. The maximum atomic E-state index is 12.5. The number of hydrogen-bond donors (Lipinski definition) is 1. The summed E-state index contributed by atoms with van der Waals surface area (Å²) in [6.07, 6.45) is 0. The van der Waals surface area contributed by atoms with Crippen molar-refractivity contribution in [2.45, 2.75) is 4.34 Å². The SMILES string of the molecule is O=C1COc2ccc(C(=O)CSc3nc(-c4ccc(Cl)cc4)cs3)cc2N1. The highest BCUT2D eigenvalue weighted by atomic mass is 35.5.